The second-order valence-corrected chi connectivity index (χ2v) is 4.28. The summed E-state index contributed by atoms with van der Waals surface area (Å²) in [6.07, 6.45) is 2.43. The van der Waals surface area contributed by atoms with Crippen LogP contribution < -0.4 is 11.1 Å². The van der Waals surface area contributed by atoms with Crippen LogP contribution in [0, 0.1) is 0 Å². The van der Waals surface area contributed by atoms with Crippen molar-refractivity contribution in [2.45, 2.75) is 24.9 Å². The molecular formula is C10H19N3O2. The fourth-order valence-electron chi connectivity index (χ4n) is 2.31. The fourth-order valence-corrected chi connectivity index (χ4v) is 2.31. The molecule has 0 aromatic heterocycles. The number of nitrogens with one attached hydrogen (secondary N) is 1. The number of primary amides is 1. The van der Waals surface area contributed by atoms with E-state index < -0.39 is 0 Å². The molecule has 1 amide bonds. The largest absolute Gasteiger partial charge is 0.378 e. The first-order chi connectivity index (χ1) is 7.27. The third kappa shape index (κ3) is 2.68. The summed E-state index contributed by atoms with van der Waals surface area (Å²) in [5, 5.41) is 3.43. The van der Waals surface area contributed by atoms with Crippen LogP contribution in [0.4, 0.5) is 0 Å². The van der Waals surface area contributed by atoms with Crippen molar-refractivity contribution in [2.24, 2.45) is 5.73 Å². The number of carbonyl (C=O) groups excluding carboxylic acids is 1. The van der Waals surface area contributed by atoms with Crippen molar-refractivity contribution in [3.05, 3.63) is 0 Å². The first-order valence-corrected chi connectivity index (χ1v) is 5.62. The van der Waals surface area contributed by atoms with Crippen LogP contribution in [-0.2, 0) is 9.53 Å². The van der Waals surface area contributed by atoms with E-state index in [1.54, 1.807) is 0 Å². The lowest BCUT2D eigenvalue weighted by molar-refractivity contribution is -0.129. The van der Waals surface area contributed by atoms with Gasteiger partial charge in [0.15, 0.2) is 0 Å². The number of rotatable bonds is 3. The molecule has 2 atom stereocenters. The predicted molar refractivity (Wildman–Crippen MR) is 56.4 cm³/mol. The van der Waals surface area contributed by atoms with E-state index >= 15 is 0 Å². The Kier molecular flexibility index (Phi) is 3.56. The fraction of sp³-hybridized carbons (Fsp3) is 0.900. The van der Waals surface area contributed by atoms with Crippen molar-refractivity contribution in [2.75, 3.05) is 32.8 Å². The van der Waals surface area contributed by atoms with Gasteiger partial charge >= 0.3 is 0 Å². The van der Waals surface area contributed by atoms with Crippen molar-refractivity contribution in [1.82, 2.24) is 10.2 Å². The quantitative estimate of drug-likeness (QED) is 0.626. The Hall–Kier alpha value is -0.650. The molecule has 0 bridgehead atoms. The Morgan fingerprint density at radius 1 is 1.60 bits per heavy atom. The van der Waals surface area contributed by atoms with E-state index in [0.29, 0.717) is 19.3 Å². The van der Waals surface area contributed by atoms with E-state index in [4.69, 9.17) is 10.5 Å². The van der Waals surface area contributed by atoms with E-state index in [1.165, 1.54) is 12.8 Å². The number of carbonyl (C=O) groups is 1. The lowest BCUT2D eigenvalue weighted by atomic mass is 10.1. The average Bonchev–Trinajstić information content (AvgIpc) is 2.71. The Morgan fingerprint density at radius 3 is 3.13 bits per heavy atom. The highest BCUT2D eigenvalue weighted by atomic mass is 16.5. The monoisotopic (exact) mass is 213 g/mol. The maximum Gasteiger partial charge on any atom is 0.237 e. The molecule has 2 rings (SSSR count). The zero-order valence-electron chi connectivity index (χ0n) is 8.95. The zero-order chi connectivity index (χ0) is 10.7. The maximum absolute atomic E-state index is 11.2. The standard InChI is InChI=1S/C10H19N3O2/c11-10(14)9-7-15-5-4-13(9)6-8-2-1-3-12-8/h8-9,12H,1-7H2,(H2,11,14). The number of ether oxygens (including phenoxy) is 1. The Labute approximate surface area is 89.9 Å². The van der Waals surface area contributed by atoms with Gasteiger partial charge in [0.05, 0.1) is 13.2 Å². The van der Waals surface area contributed by atoms with Crippen LogP contribution in [0.15, 0.2) is 0 Å². The van der Waals surface area contributed by atoms with E-state index in [2.05, 4.69) is 10.2 Å². The van der Waals surface area contributed by atoms with Gasteiger partial charge in [0.1, 0.15) is 6.04 Å². The number of amides is 1. The number of nitrogens with two attached hydrogens (primary N) is 1. The van der Waals surface area contributed by atoms with Gasteiger partial charge in [-0.05, 0) is 19.4 Å². The van der Waals surface area contributed by atoms with Gasteiger partial charge in [0.25, 0.3) is 0 Å². The zero-order valence-corrected chi connectivity index (χ0v) is 8.95. The lowest BCUT2D eigenvalue weighted by Crippen LogP contribution is -2.55. The summed E-state index contributed by atoms with van der Waals surface area (Å²) in [6.45, 7) is 3.97. The molecule has 2 unspecified atom stereocenters. The van der Waals surface area contributed by atoms with E-state index in [9.17, 15) is 4.79 Å². The second-order valence-electron chi connectivity index (χ2n) is 4.28. The maximum atomic E-state index is 11.2. The first kappa shape index (κ1) is 10.9. The Morgan fingerprint density at radius 2 is 2.47 bits per heavy atom. The van der Waals surface area contributed by atoms with Gasteiger partial charge in [0, 0.05) is 19.1 Å². The molecule has 86 valence electrons. The normalized spacial score (nSPS) is 33.1. The summed E-state index contributed by atoms with van der Waals surface area (Å²) >= 11 is 0. The van der Waals surface area contributed by atoms with Crippen molar-refractivity contribution in [3.63, 3.8) is 0 Å². The van der Waals surface area contributed by atoms with Gasteiger partial charge in [-0.3, -0.25) is 9.69 Å². The van der Waals surface area contributed by atoms with Crippen LogP contribution in [0.25, 0.3) is 0 Å². The molecular weight excluding hydrogens is 194 g/mol. The minimum atomic E-state index is -0.271. The van der Waals surface area contributed by atoms with E-state index in [0.717, 1.165) is 19.6 Å². The molecule has 5 heteroatoms. The molecule has 2 aliphatic rings. The van der Waals surface area contributed by atoms with E-state index in [-0.39, 0.29) is 11.9 Å². The van der Waals surface area contributed by atoms with Gasteiger partial charge in [-0.15, -0.1) is 0 Å². The number of hydrogen-bond acceptors (Lipinski definition) is 4. The van der Waals surface area contributed by atoms with Crippen molar-refractivity contribution in [3.8, 4) is 0 Å². The molecule has 2 saturated heterocycles. The summed E-state index contributed by atoms with van der Waals surface area (Å²) < 4.78 is 5.28. The molecule has 2 aliphatic heterocycles. The SMILES string of the molecule is NC(=O)C1COCCN1CC1CCCN1. The molecule has 2 fully saturated rings. The summed E-state index contributed by atoms with van der Waals surface area (Å²) in [5.41, 5.74) is 5.35. The average molecular weight is 213 g/mol. The molecule has 0 aromatic rings. The summed E-state index contributed by atoms with van der Waals surface area (Å²) in [5.74, 6) is -0.271. The van der Waals surface area contributed by atoms with Crippen LogP contribution in [0.5, 0.6) is 0 Å². The van der Waals surface area contributed by atoms with Gasteiger partial charge in [0.2, 0.25) is 5.91 Å². The summed E-state index contributed by atoms with van der Waals surface area (Å²) in [4.78, 5) is 13.4. The molecule has 0 spiro atoms. The van der Waals surface area contributed by atoms with Gasteiger partial charge < -0.3 is 15.8 Å². The topological polar surface area (TPSA) is 67.6 Å². The lowest BCUT2D eigenvalue weighted by Gasteiger charge is -2.35. The summed E-state index contributed by atoms with van der Waals surface area (Å²) in [6, 6.07) is 0.283. The summed E-state index contributed by atoms with van der Waals surface area (Å²) in [7, 11) is 0. The molecule has 0 aliphatic carbocycles. The van der Waals surface area contributed by atoms with Crippen LogP contribution in [0.1, 0.15) is 12.8 Å². The molecule has 0 radical (unpaired) electrons. The molecule has 3 N–H and O–H groups in total. The van der Waals surface area contributed by atoms with Crippen LogP contribution in [0.2, 0.25) is 0 Å². The third-order valence-corrected chi connectivity index (χ3v) is 3.19. The smallest absolute Gasteiger partial charge is 0.237 e. The van der Waals surface area contributed by atoms with Crippen LogP contribution >= 0.6 is 0 Å². The van der Waals surface area contributed by atoms with Gasteiger partial charge in [-0.2, -0.15) is 0 Å². The first-order valence-electron chi connectivity index (χ1n) is 5.62. The highest BCUT2D eigenvalue weighted by molar-refractivity contribution is 5.80. The Balaban J connectivity index is 1.89. The van der Waals surface area contributed by atoms with E-state index in [1.807, 2.05) is 0 Å². The molecule has 0 aromatic carbocycles. The van der Waals surface area contributed by atoms with Crippen molar-refractivity contribution in [1.29, 1.82) is 0 Å². The minimum absolute atomic E-state index is 0.235. The van der Waals surface area contributed by atoms with Crippen molar-refractivity contribution < 1.29 is 9.53 Å². The second kappa shape index (κ2) is 4.92. The molecule has 15 heavy (non-hydrogen) atoms. The Bertz CT molecular complexity index is 229. The number of morpholine rings is 1. The highest BCUT2D eigenvalue weighted by Gasteiger charge is 2.29. The minimum Gasteiger partial charge on any atom is -0.378 e. The predicted octanol–water partition coefficient (Wildman–Crippen LogP) is -1.08. The molecule has 0 saturated carbocycles. The third-order valence-electron chi connectivity index (χ3n) is 3.19. The van der Waals surface area contributed by atoms with Gasteiger partial charge in [-0.25, -0.2) is 0 Å². The van der Waals surface area contributed by atoms with Crippen molar-refractivity contribution >= 4 is 5.91 Å². The highest BCUT2D eigenvalue weighted by Crippen LogP contribution is 2.12. The molecule has 2 heterocycles. The van der Waals surface area contributed by atoms with Crippen LogP contribution in [0.3, 0.4) is 0 Å². The number of nitrogens with zero attached hydrogens (tertiary/aromatic N) is 1. The van der Waals surface area contributed by atoms with Crippen LogP contribution in [-0.4, -0.2) is 55.7 Å². The van der Waals surface area contributed by atoms with Gasteiger partial charge in [-0.1, -0.05) is 0 Å². The molecule has 5 nitrogen and oxygen atoms in total. The number of hydrogen-bond donors (Lipinski definition) is 2.